The number of hydrogen-bond donors (Lipinski definition) is 2. The second kappa shape index (κ2) is 9.86. The van der Waals surface area contributed by atoms with Crippen LogP contribution in [0.4, 0.5) is 11.5 Å². The maximum Gasteiger partial charge on any atom is 0.315 e. The van der Waals surface area contributed by atoms with Gasteiger partial charge in [-0.15, -0.1) is 10.2 Å². The van der Waals surface area contributed by atoms with Crippen LogP contribution in [0.5, 0.6) is 0 Å². The van der Waals surface area contributed by atoms with Gasteiger partial charge in [0.1, 0.15) is 6.33 Å². The lowest BCUT2D eigenvalue weighted by atomic mass is 10.1. The Kier molecular flexibility index (Phi) is 6.53. The number of carbonyl (C=O) groups is 2. The van der Waals surface area contributed by atoms with Crippen LogP contribution in [-0.2, 0) is 22.6 Å². The molecule has 0 unspecified atom stereocenters. The summed E-state index contributed by atoms with van der Waals surface area (Å²) in [5, 5.41) is 17.7. The van der Waals surface area contributed by atoms with E-state index in [0.29, 0.717) is 29.4 Å². The van der Waals surface area contributed by atoms with Crippen LogP contribution >= 0.6 is 0 Å². The van der Waals surface area contributed by atoms with Gasteiger partial charge in [-0.25, -0.2) is 0 Å². The third kappa shape index (κ3) is 5.29. The minimum absolute atomic E-state index is 0.135. The maximum absolute atomic E-state index is 12.6. The van der Waals surface area contributed by atoms with E-state index in [-0.39, 0.29) is 6.04 Å². The fraction of sp³-hybridized carbons (Fsp3) is 0.217. The van der Waals surface area contributed by atoms with Crippen LogP contribution in [0.3, 0.4) is 0 Å². The van der Waals surface area contributed by atoms with Crippen molar-refractivity contribution >= 4 is 23.3 Å². The second-order valence-electron chi connectivity index (χ2n) is 7.68. The zero-order valence-electron chi connectivity index (χ0n) is 18.3. The molecule has 1 aromatic carbocycles. The summed E-state index contributed by atoms with van der Waals surface area (Å²) in [6.07, 6.45) is 7.65. The molecule has 0 saturated heterocycles. The molecule has 0 fully saturated rings. The molecule has 3 heterocycles. The van der Waals surface area contributed by atoms with E-state index in [1.807, 2.05) is 42.7 Å². The fourth-order valence-corrected chi connectivity index (χ4v) is 3.30. The predicted molar refractivity (Wildman–Crippen MR) is 123 cm³/mol. The molecule has 0 aliphatic heterocycles. The topological polar surface area (TPSA) is 120 Å². The lowest BCUT2D eigenvalue weighted by Gasteiger charge is -2.13. The Morgan fingerprint density at radius 1 is 1.00 bits per heavy atom. The number of nitrogens with zero attached hydrogens (tertiary/aromatic N) is 6. The Labute approximate surface area is 190 Å². The predicted octanol–water partition coefficient (Wildman–Crippen LogP) is 2.94. The number of carbonyl (C=O) groups excluding carboxylic acids is 2. The number of pyridine rings is 1. The molecular formula is C23H24N8O2. The Balaban J connectivity index is 1.40. The van der Waals surface area contributed by atoms with Gasteiger partial charge < -0.3 is 15.2 Å². The summed E-state index contributed by atoms with van der Waals surface area (Å²) < 4.78 is 3.60. The zero-order chi connectivity index (χ0) is 23.2. The lowest BCUT2D eigenvalue weighted by molar-refractivity contribution is -0.133. The van der Waals surface area contributed by atoms with Gasteiger partial charge in [0.05, 0.1) is 5.69 Å². The molecule has 0 atom stereocenters. The normalized spacial score (nSPS) is 10.9. The standard InChI is InChI=1S/C23H24N8O2/c1-16(2)31-15-25-28-21(31)18-5-3-4-6-19(18)26-22(32)23(33)27-20-10-14-30(29-20)13-9-17-7-11-24-12-8-17/h3-8,10-12,14-16H,9,13H2,1-2H3,(H,26,32)(H,27,29,33). The van der Waals surface area contributed by atoms with Crippen LogP contribution in [-0.4, -0.2) is 41.3 Å². The first-order valence-corrected chi connectivity index (χ1v) is 10.5. The van der Waals surface area contributed by atoms with Crippen LogP contribution < -0.4 is 10.6 Å². The number of aromatic nitrogens is 6. The van der Waals surface area contributed by atoms with E-state index in [1.165, 1.54) is 0 Å². The highest BCUT2D eigenvalue weighted by atomic mass is 16.2. The first kappa shape index (κ1) is 21.9. The molecule has 0 aliphatic rings. The van der Waals surface area contributed by atoms with E-state index in [1.54, 1.807) is 47.8 Å². The fourth-order valence-electron chi connectivity index (χ4n) is 3.30. The highest BCUT2D eigenvalue weighted by Crippen LogP contribution is 2.27. The smallest absolute Gasteiger partial charge is 0.315 e. The molecule has 10 nitrogen and oxygen atoms in total. The molecule has 2 N–H and O–H groups in total. The Hall–Kier alpha value is -4.34. The first-order valence-electron chi connectivity index (χ1n) is 10.5. The van der Waals surface area contributed by atoms with Gasteiger partial charge in [-0.3, -0.25) is 19.3 Å². The number of benzene rings is 1. The molecule has 4 rings (SSSR count). The van der Waals surface area contributed by atoms with E-state index in [4.69, 9.17) is 0 Å². The summed E-state index contributed by atoms with van der Waals surface area (Å²) in [5.74, 6) is -0.703. The van der Waals surface area contributed by atoms with Crippen LogP contribution in [0, 0.1) is 0 Å². The molecule has 0 bridgehead atoms. The molecule has 168 valence electrons. The number of nitrogens with one attached hydrogen (secondary N) is 2. The molecule has 3 aromatic heterocycles. The summed E-state index contributed by atoms with van der Waals surface area (Å²) in [6.45, 7) is 4.66. The van der Waals surface area contributed by atoms with E-state index in [0.717, 1.165) is 12.0 Å². The first-order chi connectivity index (χ1) is 16.0. The number of rotatable bonds is 7. The van der Waals surface area contributed by atoms with Gasteiger partial charge >= 0.3 is 11.8 Å². The largest absolute Gasteiger partial charge is 0.317 e. The highest BCUT2D eigenvalue weighted by molar-refractivity contribution is 6.43. The van der Waals surface area contributed by atoms with Gasteiger partial charge in [-0.1, -0.05) is 12.1 Å². The van der Waals surface area contributed by atoms with Gasteiger partial charge in [0.25, 0.3) is 0 Å². The number of amides is 2. The van der Waals surface area contributed by atoms with Crippen molar-refractivity contribution in [3.8, 4) is 11.4 Å². The van der Waals surface area contributed by atoms with Crippen LogP contribution in [0.25, 0.3) is 11.4 Å². The van der Waals surface area contributed by atoms with Crippen molar-refractivity contribution in [3.05, 3.63) is 72.9 Å². The Bertz CT molecular complexity index is 1250. The second-order valence-corrected chi connectivity index (χ2v) is 7.68. The van der Waals surface area contributed by atoms with Crippen molar-refractivity contribution in [2.45, 2.75) is 32.9 Å². The minimum Gasteiger partial charge on any atom is -0.317 e. The van der Waals surface area contributed by atoms with Gasteiger partial charge in [0, 0.05) is 42.8 Å². The Morgan fingerprint density at radius 2 is 1.76 bits per heavy atom. The van der Waals surface area contributed by atoms with Crippen molar-refractivity contribution in [1.29, 1.82) is 0 Å². The van der Waals surface area contributed by atoms with E-state index in [9.17, 15) is 9.59 Å². The van der Waals surface area contributed by atoms with Crippen molar-refractivity contribution in [3.63, 3.8) is 0 Å². The molecule has 0 aliphatic carbocycles. The van der Waals surface area contributed by atoms with Gasteiger partial charge in [0.15, 0.2) is 11.6 Å². The van der Waals surface area contributed by atoms with Crippen LogP contribution in [0.2, 0.25) is 0 Å². The zero-order valence-corrected chi connectivity index (χ0v) is 18.3. The highest BCUT2D eigenvalue weighted by Gasteiger charge is 2.19. The van der Waals surface area contributed by atoms with Crippen molar-refractivity contribution in [1.82, 2.24) is 29.5 Å². The molecule has 0 saturated carbocycles. The van der Waals surface area contributed by atoms with Crippen molar-refractivity contribution in [2.75, 3.05) is 10.6 Å². The maximum atomic E-state index is 12.6. The number of para-hydroxylation sites is 1. The summed E-state index contributed by atoms with van der Waals surface area (Å²) in [5.41, 5.74) is 2.28. The SMILES string of the molecule is CC(C)n1cnnc1-c1ccccc1NC(=O)C(=O)Nc1ccn(CCc2ccncc2)n1. The average molecular weight is 444 g/mol. The third-order valence-electron chi connectivity index (χ3n) is 5.01. The summed E-state index contributed by atoms with van der Waals surface area (Å²) >= 11 is 0. The van der Waals surface area contributed by atoms with E-state index >= 15 is 0 Å². The Morgan fingerprint density at radius 3 is 2.55 bits per heavy atom. The molecule has 4 aromatic rings. The molecule has 2 amide bonds. The van der Waals surface area contributed by atoms with Crippen LogP contribution in [0.15, 0.2) is 67.4 Å². The molecule has 0 radical (unpaired) electrons. The number of hydrogen-bond acceptors (Lipinski definition) is 6. The van der Waals surface area contributed by atoms with Crippen molar-refractivity contribution in [2.24, 2.45) is 0 Å². The van der Waals surface area contributed by atoms with Gasteiger partial charge in [-0.2, -0.15) is 5.10 Å². The van der Waals surface area contributed by atoms with Gasteiger partial charge in [-0.05, 0) is 50.1 Å². The van der Waals surface area contributed by atoms with Crippen molar-refractivity contribution < 1.29 is 9.59 Å². The minimum atomic E-state index is -0.811. The molecule has 0 spiro atoms. The summed E-state index contributed by atoms with van der Waals surface area (Å²) in [4.78, 5) is 29.0. The quantitative estimate of drug-likeness (QED) is 0.423. The van der Waals surface area contributed by atoms with Gasteiger partial charge in [0.2, 0.25) is 0 Å². The summed E-state index contributed by atoms with van der Waals surface area (Å²) in [6, 6.07) is 12.8. The van der Waals surface area contributed by atoms with E-state index in [2.05, 4.69) is 30.9 Å². The summed E-state index contributed by atoms with van der Waals surface area (Å²) in [7, 11) is 0. The number of anilines is 2. The van der Waals surface area contributed by atoms with Crippen LogP contribution in [0.1, 0.15) is 25.5 Å². The van der Waals surface area contributed by atoms with E-state index < -0.39 is 11.8 Å². The lowest BCUT2D eigenvalue weighted by Crippen LogP contribution is -2.29. The molecule has 10 heteroatoms. The molecule has 33 heavy (non-hydrogen) atoms. The third-order valence-corrected chi connectivity index (χ3v) is 5.01. The monoisotopic (exact) mass is 444 g/mol. The number of aryl methyl sites for hydroxylation is 2. The average Bonchev–Trinajstić information content (AvgIpc) is 3.48. The molecular weight excluding hydrogens is 420 g/mol.